The largest absolute Gasteiger partial charge is 0.492 e. The average Bonchev–Trinajstić information content (AvgIpc) is 3.50. The SMILES string of the molecule is COc1c(N2CCN(C(=S)N[C@H]3C[C@H]4C=C[C@H]3C4)[C@H](C)C2)c(F)cc2c(=O)c(C(=O)O)cn(C3CC3)c12. The van der Waals surface area contributed by atoms with Crippen LogP contribution in [0.25, 0.3) is 10.9 Å². The van der Waals surface area contributed by atoms with Crippen LogP contribution in [0.4, 0.5) is 10.1 Å². The maximum Gasteiger partial charge on any atom is 0.341 e. The van der Waals surface area contributed by atoms with Gasteiger partial charge in [-0.1, -0.05) is 12.2 Å². The van der Waals surface area contributed by atoms with Gasteiger partial charge in [-0.15, -0.1) is 0 Å². The van der Waals surface area contributed by atoms with Crippen LogP contribution in [0.15, 0.2) is 29.2 Å². The summed E-state index contributed by atoms with van der Waals surface area (Å²) >= 11 is 5.78. The average molecular weight is 527 g/mol. The Labute approximate surface area is 219 Å². The number of anilines is 1. The van der Waals surface area contributed by atoms with Gasteiger partial charge in [0.2, 0.25) is 5.43 Å². The fourth-order valence-electron chi connectivity index (χ4n) is 6.37. The number of rotatable bonds is 5. The number of carboxylic acid groups (broad SMARTS) is 1. The van der Waals surface area contributed by atoms with Crippen LogP contribution in [-0.2, 0) is 0 Å². The number of ether oxygens (including phenoxy) is 1. The monoisotopic (exact) mass is 526 g/mol. The van der Waals surface area contributed by atoms with Gasteiger partial charge in [0.15, 0.2) is 16.7 Å². The van der Waals surface area contributed by atoms with Crippen molar-refractivity contribution in [3.05, 3.63) is 46.0 Å². The van der Waals surface area contributed by atoms with E-state index in [4.69, 9.17) is 17.0 Å². The van der Waals surface area contributed by atoms with Crippen molar-refractivity contribution in [2.24, 2.45) is 11.8 Å². The number of piperazine rings is 1. The summed E-state index contributed by atoms with van der Waals surface area (Å²) in [5.41, 5.74) is -0.306. The molecule has 196 valence electrons. The zero-order valence-corrected chi connectivity index (χ0v) is 21.8. The summed E-state index contributed by atoms with van der Waals surface area (Å²) in [7, 11) is 1.47. The molecule has 1 aromatic carbocycles. The van der Waals surface area contributed by atoms with Crippen molar-refractivity contribution in [1.82, 2.24) is 14.8 Å². The molecule has 4 aliphatic rings. The first-order valence-corrected chi connectivity index (χ1v) is 13.4. The molecule has 2 N–H and O–H groups in total. The molecule has 1 aromatic heterocycles. The van der Waals surface area contributed by atoms with Gasteiger partial charge in [-0.25, -0.2) is 9.18 Å². The van der Waals surface area contributed by atoms with E-state index < -0.39 is 17.2 Å². The number of carboxylic acids is 1. The van der Waals surface area contributed by atoms with Crippen molar-refractivity contribution >= 4 is 39.9 Å². The number of methoxy groups -OCH3 is 1. The number of allylic oxidation sites excluding steroid dienone is 1. The molecule has 0 unspecified atom stereocenters. The van der Waals surface area contributed by atoms with Crippen LogP contribution in [0.3, 0.4) is 0 Å². The summed E-state index contributed by atoms with van der Waals surface area (Å²) in [5, 5.41) is 13.9. The van der Waals surface area contributed by atoms with E-state index in [0.717, 1.165) is 24.4 Å². The van der Waals surface area contributed by atoms with Crippen molar-refractivity contribution in [3.8, 4) is 5.75 Å². The minimum atomic E-state index is -1.32. The smallest absolute Gasteiger partial charge is 0.341 e. The highest BCUT2D eigenvalue weighted by Crippen LogP contribution is 2.44. The van der Waals surface area contributed by atoms with Crippen LogP contribution in [0.5, 0.6) is 5.75 Å². The van der Waals surface area contributed by atoms with Gasteiger partial charge in [-0.3, -0.25) is 4.79 Å². The molecule has 0 amide bonds. The molecule has 2 aromatic rings. The Hall–Kier alpha value is -3.14. The highest BCUT2D eigenvalue weighted by atomic mass is 32.1. The summed E-state index contributed by atoms with van der Waals surface area (Å²) in [4.78, 5) is 28.8. The second kappa shape index (κ2) is 9.01. The van der Waals surface area contributed by atoms with E-state index in [1.165, 1.54) is 25.8 Å². The number of benzene rings is 1. The van der Waals surface area contributed by atoms with Gasteiger partial charge in [0, 0.05) is 44.0 Å². The minimum absolute atomic E-state index is 0.0295. The van der Waals surface area contributed by atoms with E-state index in [2.05, 4.69) is 29.3 Å². The van der Waals surface area contributed by atoms with Crippen LogP contribution < -0.4 is 20.4 Å². The number of nitrogens with one attached hydrogen (secondary N) is 1. The van der Waals surface area contributed by atoms with Gasteiger partial charge in [0.05, 0.1) is 18.0 Å². The molecular weight excluding hydrogens is 495 g/mol. The molecule has 6 rings (SSSR count). The third-order valence-electron chi connectivity index (χ3n) is 8.37. The number of hydrogen-bond donors (Lipinski definition) is 2. The quantitative estimate of drug-likeness (QED) is 0.452. The number of thiocarbonyl (C=S) groups is 1. The van der Waals surface area contributed by atoms with Crippen molar-refractivity contribution in [1.29, 1.82) is 0 Å². The standard InChI is InChI=1S/C27H31FN4O4S/c1-14-12-30(7-8-31(14)27(37)29-21-10-15-3-4-16(21)9-15)23-20(28)11-18-22(25(23)36-2)32(17-5-6-17)13-19(24(18)33)26(34)35/h3-4,11,13-17,21H,5-10,12H2,1-2H3,(H,29,37)(H,34,35)/t14-,15+,16+,21+/m1/s1. The number of carbonyl (C=O) groups is 1. The molecule has 2 heterocycles. The highest BCUT2D eigenvalue weighted by molar-refractivity contribution is 7.80. The van der Waals surface area contributed by atoms with Crippen molar-refractivity contribution in [2.75, 3.05) is 31.6 Å². The van der Waals surface area contributed by atoms with Crippen LogP contribution in [0.1, 0.15) is 49.0 Å². The molecule has 3 fully saturated rings. The molecule has 0 spiro atoms. The Balaban J connectivity index is 1.31. The molecular formula is C27H31FN4O4S. The first kappa shape index (κ1) is 24.2. The second-order valence-corrected chi connectivity index (χ2v) is 11.2. The van der Waals surface area contributed by atoms with Gasteiger partial charge in [-0.2, -0.15) is 0 Å². The topological polar surface area (TPSA) is 87.0 Å². The first-order chi connectivity index (χ1) is 17.8. The third-order valence-corrected chi connectivity index (χ3v) is 8.72. The van der Waals surface area contributed by atoms with Gasteiger partial charge in [0.25, 0.3) is 0 Å². The predicted octanol–water partition coefficient (Wildman–Crippen LogP) is 3.53. The molecule has 2 saturated carbocycles. The van der Waals surface area contributed by atoms with Crippen LogP contribution >= 0.6 is 12.2 Å². The van der Waals surface area contributed by atoms with E-state index >= 15 is 4.39 Å². The lowest BCUT2D eigenvalue weighted by atomic mass is 10.0. The summed E-state index contributed by atoms with van der Waals surface area (Å²) in [6.07, 6.45) is 10.0. The molecule has 2 bridgehead atoms. The zero-order chi connectivity index (χ0) is 26.0. The first-order valence-electron chi connectivity index (χ1n) is 13.0. The summed E-state index contributed by atoms with van der Waals surface area (Å²) < 4.78 is 23.2. The second-order valence-electron chi connectivity index (χ2n) is 10.8. The van der Waals surface area contributed by atoms with Gasteiger partial charge in [0.1, 0.15) is 11.3 Å². The lowest BCUT2D eigenvalue weighted by molar-refractivity contribution is 0.0694. The maximum absolute atomic E-state index is 15.7. The Morgan fingerprint density at radius 1 is 1.24 bits per heavy atom. The highest BCUT2D eigenvalue weighted by Gasteiger charge is 2.38. The Morgan fingerprint density at radius 3 is 2.62 bits per heavy atom. The summed E-state index contributed by atoms with van der Waals surface area (Å²) in [6, 6.07) is 1.64. The zero-order valence-electron chi connectivity index (χ0n) is 20.9. The normalized spacial score (nSPS) is 26.7. The summed E-state index contributed by atoms with van der Waals surface area (Å²) in [6.45, 7) is 3.75. The molecule has 4 atom stereocenters. The number of hydrogen-bond acceptors (Lipinski definition) is 5. The Bertz CT molecular complexity index is 1390. The fourth-order valence-corrected chi connectivity index (χ4v) is 6.80. The molecule has 8 nitrogen and oxygen atoms in total. The number of aromatic carboxylic acids is 1. The van der Waals surface area contributed by atoms with Crippen molar-refractivity contribution in [2.45, 2.75) is 50.7 Å². The van der Waals surface area contributed by atoms with Gasteiger partial charge < -0.3 is 29.5 Å². The molecule has 1 aliphatic heterocycles. The minimum Gasteiger partial charge on any atom is -0.492 e. The number of fused-ring (bicyclic) bond motifs is 3. The lowest BCUT2D eigenvalue weighted by Gasteiger charge is -2.43. The van der Waals surface area contributed by atoms with Crippen LogP contribution in [0, 0.1) is 17.7 Å². The van der Waals surface area contributed by atoms with Gasteiger partial charge in [-0.05, 0) is 62.7 Å². The number of halogens is 1. The Morgan fingerprint density at radius 2 is 2.03 bits per heavy atom. The van der Waals surface area contributed by atoms with E-state index in [-0.39, 0.29) is 28.8 Å². The predicted molar refractivity (Wildman–Crippen MR) is 143 cm³/mol. The third kappa shape index (κ3) is 4.05. The number of pyridine rings is 1. The van der Waals surface area contributed by atoms with Gasteiger partial charge >= 0.3 is 5.97 Å². The molecule has 10 heteroatoms. The fraction of sp³-hybridized carbons (Fsp3) is 0.519. The molecule has 3 aliphatic carbocycles. The van der Waals surface area contributed by atoms with E-state index in [9.17, 15) is 14.7 Å². The molecule has 0 radical (unpaired) electrons. The molecule has 1 saturated heterocycles. The van der Waals surface area contributed by atoms with E-state index in [0.29, 0.717) is 48.7 Å². The Kier molecular flexibility index (Phi) is 5.89. The van der Waals surface area contributed by atoms with E-state index in [1.54, 1.807) is 4.57 Å². The number of nitrogens with zero attached hydrogens (tertiary/aromatic N) is 3. The summed E-state index contributed by atoms with van der Waals surface area (Å²) in [5.74, 6) is -0.447. The van der Waals surface area contributed by atoms with Crippen molar-refractivity contribution in [3.63, 3.8) is 0 Å². The van der Waals surface area contributed by atoms with E-state index in [1.807, 2.05) is 4.90 Å². The van der Waals surface area contributed by atoms with Crippen molar-refractivity contribution < 1.29 is 19.0 Å². The lowest BCUT2D eigenvalue weighted by Crippen LogP contribution is -2.58. The molecule has 37 heavy (non-hydrogen) atoms. The van der Waals surface area contributed by atoms with Crippen LogP contribution in [0.2, 0.25) is 0 Å². The maximum atomic E-state index is 15.7. The van der Waals surface area contributed by atoms with Crippen LogP contribution in [-0.4, -0.2) is 64.5 Å². The number of aromatic nitrogens is 1.